The lowest BCUT2D eigenvalue weighted by Gasteiger charge is -2.01. The Labute approximate surface area is 85.3 Å². The molecule has 0 radical (unpaired) electrons. The van der Waals surface area contributed by atoms with E-state index < -0.39 is 5.82 Å². The zero-order valence-electron chi connectivity index (χ0n) is 6.90. The van der Waals surface area contributed by atoms with E-state index in [1.54, 1.807) is 0 Å². The maximum absolute atomic E-state index is 13.0. The Bertz CT molecular complexity index is 278. The van der Waals surface area contributed by atoms with E-state index >= 15 is 0 Å². The zero-order chi connectivity index (χ0) is 9.68. The lowest BCUT2D eigenvalue weighted by molar-refractivity contribution is 0.591. The fourth-order valence-electron chi connectivity index (χ4n) is 0.891. The summed E-state index contributed by atoms with van der Waals surface area (Å²) in [6.07, 6.45) is 0. The minimum Gasteiger partial charge on any atom is -0.207 e. The molecule has 0 heterocycles. The first-order valence-electron chi connectivity index (χ1n) is 3.81. The van der Waals surface area contributed by atoms with E-state index in [1.165, 1.54) is 17.8 Å². The van der Waals surface area contributed by atoms with Gasteiger partial charge in [-0.1, -0.05) is 0 Å². The molecule has 0 amide bonds. The summed E-state index contributed by atoms with van der Waals surface area (Å²) in [5, 5.41) is 0. The standard InChI is InChI=1S/C9H9ClF2S/c10-3-4-13-6-7-5-8(11)1-2-9(7)12/h1-2,5H,3-4,6H2. The molecule has 0 atom stereocenters. The molecule has 1 aromatic carbocycles. The SMILES string of the molecule is Fc1ccc(F)c(CSCCCl)c1. The summed E-state index contributed by atoms with van der Waals surface area (Å²) in [5.41, 5.74) is 0.398. The summed E-state index contributed by atoms with van der Waals surface area (Å²) in [4.78, 5) is 0. The summed E-state index contributed by atoms with van der Waals surface area (Å²) >= 11 is 6.94. The Kier molecular flexibility index (Phi) is 4.53. The number of hydrogen-bond donors (Lipinski definition) is 0. The van der Waals surface area contributed by atoms with E-state index in [-0.39, 0.29) is 5.82 Å². The van der Waals surface area contributed by atoms with Crippen LogP contribution in [0.4, 0.5) is 8.78 Å². The van der Waals surface area contributed by atoms with Crippen molar-refractivity contribution >= 4 is 23.4 Å². The third-order valence-electron chi connectivity index (χ3n) is 1.49. The average molecular weight is 223 g/mol. The van der Waals surface area contributed by atoms with Crippen LogP contribution in [0.3, 0.4) is 0 Å². The third kappa shape index (κ3) is 3.53. The lowest BCUT2D eigenvalue weighted by Crippen LogP contribution is -1.90. The average Bonchev–Trinajstić information content (AvgIpc) is 2.11. The first-order chi connectivity index (χ1) is 6.24. The van der Waals surface area contributed by atoms with Gasteiger partial charge in [0.1, 0.15) is 11.6 Å². The summed E-state index contributed by atoms with van der Waals surface area (Å²) < 4.78 is 25.6. The number of alkyl halides is 1. The Balaban J connectivity index is 2.59. The second kappa shape index (κ2) is 5.45. The van der Waals surface area contributed by atoms with Crippen molar-refractivity contribution in [3.05, 3.63) is 35.4 Å². The van der Waals surface area contributed by atoms with Crippen LogP contribution < -0.4 is 0 Å². The number of halogens is 3. The Morgan fingerprint density at radius 1 is 1.31 bits per heavy atom. The van der Waals surface area contributed by atoms with Gasteiger partial charge in [0, 0.05) is 22.9 Å². The fourth-order valence-corrected chi connectivity index (χ4v) is 1.91. The van der Waals surface area contributed by atoms with Crippen molar-refractivity contribution in [2.24, 2.45) is 0 Å². The van der Waals surface area contributed by atoms with Gasteiger partial charge in [0.25, 0.3) is 0 Å². The molecule has 0 unspecified atom stereocenters. The van der Waals surface area contributed by atoms with Gasteiger partial charge in [-0.15, -0.1) is 11.6 Å². The fraction of sp³-hybridized carbons (Fsp3) is 0.333. The van der Waals surface area contributed by atoms with Crippen LogP contribution in [-0.4, -0.2) is 11.6 Å². The van der Waals surface area contributed by atoms with Crippen molar-refractivity contribution in [3.8, 4) is 0 Å². The molecule has 0 saturated heterocycles. The van der Waals surface area contributed by atoms with Crippen molar-refractivity contribution in [1.82, 2.24) is 0 Å². The monoisotopic (exact) mass is 222 g/mol. The molecule has 0 aliphatic carbocycles. The van der Waals surface area contributed by atoms with Crippen molar-refractivity contribution < 1.29 is 8.78 Å². The molecule has 13 heavy (non-hydrogen) atoms. The summed E-state index contributed by atoms with van der Waals surface area (Å²) in [6, 6.07) is 3.48. The molecule has 0 spiro atoms. The van der Waals surface area contributed by atoms with Crippen LogP contribution in [-0.2, 0) is 5.75 Å². The van der Waals surface area contributed by atoms with Gasteiger partial charge >= 0.3 is 0 Å². The van der Waals surface area contributed by atoms with Gasteiger partial charge < -0.3 is 0 Å². The van der Waals surface area contributed by atoms with Crippen molar-refractivity contribution in [2.45, 2.75) is 5.75 Å². The van der Waals surface area contributed by atoms with E-state index in [2.05, 4.69) is 0 Å². The first kappa shape index (κ1) is 10.8. The molecule has 0 N–H and O–H groups in total. The molecule has 0 saturated carbocycles. The van der Waals surface area contributed by atoms with Crippen LogP contribution in [0, 0.1) is 11.6 Å². The Morgan fingerprint density at radius 2 is 2.08 bits per heavy atom. The lowest BCUT2D eigenvalue weighted by atomic mass is 10.2. The number of benzene rings is 1. The van der Waals surface area contributed by atoms with Crippen LogP contribution in [0.1, 0.15) is 5.56 Å². The molecule has 1 rings (SSSR count). The zero-order valence-corrected chi connectivity index (χ0v) is 8.47. The van der Waals surface area contributed by atoms with Crippen LogP contribution in [0.5, 0.6) is 0 Å². The van der Waals surface area contributed by atoms with Gasteiger partial charge in [-0.25, -0.2) is 8.78 Å². The topological polar surface area (TPSA) is 0 Å². The Morgan fingerprint density at radius 3 is 2.77 bits per heavy atom. The Hall–Kier alpha value is -0.280. The van der Waals surface area contributed by atoms with Gasteiger partial charge in [-0.2, -0.15) is 11.8 Å². The molecule has 4 heteroatoms. The predicted octanol–water partition coefficient (Wildman–Crippen LogP) is 3.44. The quantitative estimate of drug-likeness (QED) is 0.556. The molecular formula is C9H9ClF2S. The van der Waals surface area contributed by atoms with Crippen LogP contribution in [0.2, 0.25) is 0 Å². The van der Waals surface area contributed by atoms with Gasteiger partial charge in [0.15, 0.2) is 0 Å². The van der Waals surface area contributed by atoms with Crippen LogP contribution in [0.25, 0.3) is 0 Å². The number of rotatable bonds is 4. The van der Waals surface area contributed by atoms with Crippen molar-refractivity contribution in [3.63, 3.8) is 0 Å². The highest BCUT2D eigenvalue weighted by Gasteiger charge is 2.02. The van der Waals surface area contributed by atoms with Gasteiger partial charge in [0.05, 0.1) is 0 Å². The summed E-state index contributed by atoms with van der Waals surface area (Å²) in [7, 11) is 0. The molecule has 0 aliphatic rings. The molecular weight excluding hydrogens is 214 g/mol. The molecule has 0 aliphatic heterocycles. The van der Waals surface area contributed by atoms with Crippen molar-refractivity contribution in [1.29, 1.82) is 0 Å². The van der Waals surface area contributed by atoms with E-state index in [4.69, 9.17) is 11.6 Å². The molecule has 0 nitrogen and oxygen atoms in total. The minimum atomic E-state index is -0.400. The first-order valence-corrected chi connectivity index (χ1v) is 5.50. The van der Waals surface area contributed by atoms with Crippen LogP contribution in [0.15, 0.2) is 18.2 Å². The number of hydrogen-bond acceptors (Lipinski definition) is 1. The van der Waals surface area contributed by atoms with Crippen molar-refractivity contribution in [2.75, 3.05) is 11.6 Å². The van der Waals surface area contributed by atoms with Crippen LogP contribution >= 0.6 is 23.4 Å². The largest absolute Gasteiger partial charge is 0.207 e. The van der Waals surface area contributed by atoms with Gasteiger partial charge in [-0.3, -0.25) is 0 Å². The maximum atomic E-state index is 13.0. The molecule has 72 valence electrons. The van der Waals surface area contributed by atoms with E-state index in [1.807, 2.05) is 0 Å². The minimum absolute atomic E-state index is 0.358. The van der Waals surface area contributed by atoms with Gasteiger partial charge in [0.2, 0.25) is 0 Å². The highest BCUT2D eigenvalue weighted by molar-refractivity contribution is 7.98. The van der Waals surface area contributed by atoms with Gasteiger partial charge in [-0.05, 0) is 18.2 Å². The van der Waals surface area contributed by atoms with E-state index in [0.29, 0.717) is 17.2 Å². The summed E-state index contributed by atoms with van der Waals surface area (Å²) in [6.45, 7) is 0. The molecule has 0 aromatic heterocycles. The van der Waals surface area contributed by atoms with E-state index in [0.717, 1.165) is 17.9 Å². The van der Waals surface area contributed by atoms with E-state index in [9.17, 15) is 8.78 Å². The molecule has 1 aromatic rings. The second-order valence-electron chi connectivity index (χ2n) is 2.48. The highest BCUT2D eigenvalue weighted by atomic mass is 35.5. The molecule has 0 bridgehead atoms. The predicted molar refractivity (Wildman–Crippen MR) is 53.2 cm³/mol. The second-order valence-corrected chi connectivity index (χ2v) is 3.96. The maximum Gasteiger partial charge on any atom is 0.127 e. The molecule has 0 fully saturated rings. The summed E-state index contributed by atoms with van der Waals surface area (Å²) in [5.74, 6) is 0.987. The number of thioether (sulfide) groups is 1. The highest BCUT2D eigenvalue weighted by Crippen LogP contribution is 2.16. The smallest absolute Gasteiger partial charge is 0.127 e. The third-order valence-corrected chi connectivity index (χ3v) is 2.91. The normalized spacial score (nSPS) is 10.4.